The van der Waals surface area contributed by atoms with Gasteiger partial charge in [0.2, 0.25) is 5.91 Å². The fourth-order valence-electron chi connectivity index (χ4n) is 8.40. The Bertz CT molecular complexity index is 2270. The first-order valence-electron chi connectivity index (χ1n) is 19.5. The zero-order valence-electron chi connectivity index (χ0n) is 32.2. The highest BCUT2D eigenvalue weighted by Gasteiger charge is 2.55. The van der Waals surface area contributed by atoms with Crippen molar-refractivity contribution in [3.8, 4) is 33.5 Å². The van der Waals surface area contributed by atoms with Crippen LogP contribution in [0.5, 0.6) is 0 Å². The minimum absolute atomic E-state index is 0.0215. The zero-order valence-corrected chi connectivity index (χ0v) is 32.2. The molecule has 8 rings (SSSR count). The minimum atomic E-state index is -3.22. The first-order chi connectivity index (χ1) is 26.3. The van der Waals surface area contributed by atoms with Gasteiger partial charge in [-0.1, -0.05) is 58.0 Å². The van der Waals surface area contributed by atoms with E-state index in [1.54, 1.807) is 30.5 Å². The minimum Gasteiger partial charge on any atom is -0.453 e. The lowest BCUT2D eigenvalue weighted by Gasteiger charge is -2.30. The van der Waals surface area contributed by atoms with E-state index >= 15 is 8.78 Å². The highest BCUT2D eigenvalue weighted by Crippen LogP contribution is 2.58. The largest absolute Gasteiger partial charge is 0.453 e. The molecule has 288 valence electrons. The van der Waals surface area contributed by atoms with E-state index in [4.69, 9.17) is 14.7 Å². The number of hydrogen-bond donors (Lipinski definition) is 4. The van der Waals surface area contributed by atoms with E-state index in [1.807, 2.05) is 49.1 Å². The number of alkyl halides is 2. The summed E-state index contributed by atoms with van der Waals surface area (Å²) in [6.07, 6.45) is 5.69. The van der Waals surface area contributed by atoms with Crippen LogP contribution < -0.4 is 10.6 Å². The molecule has 0 radical (unpaired) electrons. The van der Waals surface area contributed by atoms with E-state index in [0.29, 0.717) is 46.4 Å². The van der Waals surface area contributed by atoms with Gasteiger partial charge in [-0.05, 0) is 96.9 Å². The van der Waals surface area contributed by atoms with Gasteiger partial charge in [0.25, 0.3) is 5.92 Å². The summed E-state index contributed by atoms with van der Waals surface area (Å²) in [6, 6.07) is 15.7. The van der Waals surface area contributed by atoms with E-state index in [-0.39, 0.29) is 40.5 Å². The summed E-state index contributed by atoms with van der Waals surface area (Å²) >= 11 is 0. The molecular formula is C43H49F2N7O3. The first-order valence-corrected chi connectivity index (χ1v) is 19.5. The fourth-order valence-corrected chi connectivity index (χ4v) is 8.40. The third kappa shape index (κ3) is 6.58. The second-order valence-electron chi connectivity index (χ2n) is 16.1. The molecule has 12 heteroatoms. The Morgan fingerprint density at radius 2 is 1.62 bits per heavy atom. The Morgan fingerprint density at radius 3 is 2.27 bits per heavy atom. The van der Waals surface area contributed by atoms with Crippen LogP contribution in [0.15, 0.2) is 60.8 Å². The van der Waals surface area contributed by atoms with E-state index in [2.05, 4.69) is 41.4 Å². The lowest BCUT2D eigenvalue weighted by molar-refractivity contribution is -0.135. The van der Waals surface area contributed by atoms with Crippen molar-refractivity contribution in [3.05, 3.63) is 83.6 Å². The lowest BCUT2D eigenvalue weighted by Crippen LogP contribution is -2.51. The smallest absolute Gasteiger partial charge is 0.407 e. The number of ether oxygens (including phenoxy) is 1. The third-order valence-corrected chi connectivity index (χ3v) is 12.0. The number of nitrogens with zero attached hydrogens (tertiary/aromatic N) is 3. The summed E-state index contributed by atoms with van der Waals surface area (Å²) in [5.74, 6) is -2.08. The molecule has 1 saturated heterocycles. The van der Waals surface area contributed by atoms with E-state index in [0.717, 1.165) is 54.5 Å². The molecule has 0 unspecified atom stereocenters. The molecule has 3 aliphatic rings. The monoisotopic (exact) mass is 749 g/mol. The highest BCUT2D eigenvalue weighted by atomic mass is 19.3. The summed E-state index contributed by atoms with van der Waals surface area (Å²) < 4.78 is 37.7. The number of carbonyl (C=O) groups is 2. The molecule has 4 N–H and O–H groups in total. The molecule has 1 saturated carbocycles. The van der Waals surface area contributed by atoms with Crippen molar-refractivity contribution in [1.82, 2.24) is 35.5 Å². The molecule has 2 fully saturated rings. The number of nitrogens with one attached hydrogen (secondary N) is 4. The lowest BCUT2D eigenvalue weighted by atomic mass is 9.98. The molecular weight excluding hydrogens is 701 g/mol. The molecule has 1 spiro atoms. The molecule has 3 aromatic carbocycles. The van der Waals surface area contributed by atoms with Crippen molar-refractivity contribution in [2.45, 2.75) is 96.8 Å². The molecule has 2 aliphatic carbocycles. The second-order valence-corrected chi connectivity index (χ2v) is 16.1. The topological polar surface area (TPSA) is 128 Å². The van der Waals surface area contributed by atoms with Crippen LogP contribution in [0.3, 0.4) is 0 Å². The van der Waals surface area contributed by atoms with Gasteiger partial charge < -0.3 is 30.2 Å². The van der Waals surface area contributed by atoms with E-state index in [1.165, 1.54) is 7.11 Å². The number of alkyl carbamates (subject to hydrolysis) is 1. The molecule has 2 aromatic heterocycles. The molecule has 3 heterocycles. The summed E-state index contributed by atoms with van der Waals surface area (Å²) in [4.78, 5) is 44.2. The normalized spacial score (nSPS) is 19.4. The number of aromatic nitrogens is 4. The van der Waals surface area contributed by atoms with Crippen LogP contribution in [0.1, 0.15) is 102 Å². The van der Waals surface area contributed by atoms with E-state index < -0.39 is 18.1 Å². The number of hydrogen-bond acceptors (Lipinski definition) is 6. The number of aromatic amines is 2. The van der Waals surface area contributed by atoms with Crippen molar-refractivity contribution in [2.75, 3.05) is 13.7 Å². The Hall–Kier alpha value is -5.10. The average Bonchev–Trinajstić information content (AvgIpc) is 3.52. The predicted molar refractivity (Wildman–Crippen MR) is 208 cm³/mol. The van der Waals surface area contributed by atoms with Crippen LogP contribution in [-0.2, 0) is 15.5 Å². The molecule has 55 heavy (non-hydrogen) atoms. The molecule has 4 atom stereocenters. The van der Waals surface area contributed by atoms with Crippen molar-refractivity contribution < 1.29 is 23.1 Å². The van der Waals surface area contributed by atoms with Crippen LogP contribution in [-0.4, -0.2) is 62.6 Å². The van der Waals surface area contributed by atoms with Gasteiger partial charge in [-0.25, -0.2) is 14.8 Å². The van der Waals surface area contributed by atoms with Crippen LogP contribution in [0.2, 0.25) is 0 Å². The second kappa shape index (κ2) is 13.9. The van der Waals surface area contributed by atoms with Gasteiger partial charge >= 0.3 is 6.09 Å². The number of amides is 2. The molecule has 5 aromatic rings. The average molecular weight is 750 g/mol. The number of imidazole rings is 2. The van der Waals surface area contributed by atoms with Crippen molar-refractivity contribution in [3.63, 3.8) is 0 Å². The van der Waals surface area contributed by atoms with Gasteiger partial charge in [-0.15, -0.1) is 0 Å². The van der Waals surface area contributed by atoms with Gasteiger partial charge in [0.05, 0.1) is 42.1 Å². The highest BCUT2D eigenvalue weighted by molar-refractivity contribution is 5.88. The zero-order chi connectivity index (χ0) is 38.8. The number of rotatable bonds is 11. The number of halogens is 2. The Morgan fingerprint density at radius 1 is 0.945 bits per heavy atom. The summed E-state index contributed by atoms with van der Waals surface area (Å²) in [6.45, 7) is 10.8. The maximum absolute atomic E-state index is 16.4. The van der Waals surface area contributed by atoms with Gasteiger partial charge in [0.15, 0.2) is 0 Å². The Kier molecular flexibility index (Phi) is 9.30. The third-order valence-electron chi connectivity index (χ3n) is 12.0. The summed E-state index contributed by atoms with van der Waals surface area (Å²) in [7, 11) is 1.27. The van der Waals surface area contributed by atoms with Crippen LogP contribution >= 0.6 is 0 Å². The number of carbonyl (C=O) groups excluding carboxylic acids is 2. The number of fused-ring (bicyclic) bond motifs is 4. The number of likely N-dealkylation sites (tertiary alicyclic amines) is 1. The van der Waals surface area contributed by atoms with Gasteiger partial charge in [0.1, 0.15) is 17.7 Å². The van der Waals surface area contributed by atoms with Gasteiger partial charge in [-0.2, -0.15) is 8.78 Å². The molecule has 10 nitrogen and oxygen atoms in total. The van der Waals surface area contributed by atoms with Crippen molar-refractivity contribution in [1.29, 1.82) is 0 Å². The number of methoxy groups -OCH3 is 1. The Labute approximate surface area is 319 Å². The molecule has 0 bridgehead atoms. The van der Waals surface area contributed by atoms with Crippen molar-refractivity contribution in [2.24, 2.45) is 11.3 Å². The summed E-state index contributed by atoms with van der Waals surface area (Å²) in [5.41, 5.74) is 5.41. The van der Waals surface area contributed by atoms with Gasteiger partial charge in [0, 0.05) is 29.3 Å². The molecule has 2 amide bonds. The van der Waals surface area contributed by atoms with Crippen molar-refractivity contribution >= 4 is 23.0 Å². The number of benzene rings is 3. The molecule has 1 aliphatic heterocycles. The predicted octanol–water partition coefficient (Wildman–Crippen LogP) is 9.01. The number of H-pyrrole nitrogens is 2. The van der Waals surface area contributed by atoms with Crippen LogP contribution in [0.25, 0.3) is 44.5 Å². The van der Waals surface area contributed by atoms with Crippen LogP contribution in [0.4, 0.5) is 13.6 Å². The quantitative estimate of drug-likeness (QED) is 0.107. The SMILES string of the molecule is CC[C@@H](C)N[C@@H](CC)c1nc2ccc(-c3ccc4c(c3)C(F)(F)c3cc(-c5cnc([C@@H]6CC7(CC7)CN6C(=O)[C@@H](NC(=O)OC)C(C)C)[nH]5)ccc3-4)cc2[nH]1. The Balaban J connectivity index is 1.05. The maximum Gasteiger partial charge on any atom is 0.407 e. The maximum atomic E-state index is 16.4. The van der Waals surface area contributed by atoms with E-state index in [9.17, 15) is 9.59 Å². The summed E-state index contributed by atoms with van der Waals surface area (Å²) in [5, 5.41) is 6.33. The fraction of sp³-hybridized carbons (Fsp3) is 0.442. The standard InChI is InChI=1S/C43H49F2N7O3/c1-7-24(5)47-32(8-2)38-48-33-14-11-26(19-34(33)49-38)25-9-12-28-29-13-10-27(18-31(29)43(44,45)30(28)17-25)35-21-46-39(50-35)36-20-42(15-16-42)22-52(36)40(53)37(23(3)4)51-41(54)55-6/h9-14,17-19,21,23-24,32,36-37,47H,7-8,15-16,20,22H2,1-6H3,(H,46,50)(H,48,49)(H,51,54)/t24-,32+,36+,37+/m1/s1. The van der Waals surface area contributed by atoms with Gasteiger partial charge in [-0.3, -0.25) is 4.79 Å². The first kappa shape index (κ1) is 36.9. The van der Waals surface area contributed by atoms with Crippen LogP contribution in [0, 0.1) is 11.3 Å².